The van der Waals surface area contributed by atoms with Crippen molar-refractivity contribution >= 4 is 28.2 Å². The molecule has 1 amide bonds. The Morgan fingerprint density at radius 1 is 1.55 bits per heavy atom. The van der Waals surface area contributed by atoms with Crippen LogP contribution in [-0.4, -0.2) is 55.6 Å². The van der Waals surface area contributed by atoms with Crippen LogP contribution in [0.3, 0.4) is 0 Å². The van der Waals surface area contributed by atoms with Crippen LogP contribution in [-0.2, 0) is 0 Å². The second-order valence-corrected chi connectivity index (χ2v) is 6.04. The molecule has 3 N–H and O–H groups in total. The average Bonchev–Trinajstić information content (AvgIpc) is 2.80. The van der Waals surface area contributed by atoms with E-state index in [0.717, 1.165) is 36.9 Å². The molecule has 0 aromatic carbocycles. The van der Waals surface area contributed by atoms with Crippen molar-refractivity contribution in [3.05, 3.63) is 17.0 Å². The molecule has 0 atom stereocenters. The molecule has 20 heavy (non-hydrogen) atoms. The van der Waals surface area contributed by atoms with E-state index in [1.54, 1.807) is 11.9 Å². The molecular formula is C13H21N5OS. The highest BCUT2D eigenvalue weighted by molar-refractivity contribution is 7.18. The Bertz CT molecular complexity index is 507. The highest BCUT2D eigenvalue weighted by Crippen LogP contribution is 2.29. The van der Waals surface area contributed by atoms with E-state index in [4.69, 9.17) is 5.73 Å². The summed E-state index contributed by atoms with van der Waals surface area (Å²) in [4.78, 5) is 21.0. The zero-order chi connectivity index (χ0) is 14.7. The number of nitrogen functional groups attached to an aromatic ring is 1. The maximum Gasteiger partial charge on any atom is 0.267 e. The van der Waals surface area contributed by atoms with E-state index in [0.29, 0.717) is 17.2 Å². The van der Waals surface area contributed by atoms with Gasteiger partial charge in [-0.05, 0) is 6.92 Å². The summed E-state index contributed by atoms with van der Waals surface area (Å²) in [7, 11) is 1.75. The second-order valence-electron chi connectivity index (χ2n) is 5.07. The number of hydrogen-bond donors (Lipinski definition) is 2. The van der Waals surface area contributed by atoms with Gasteiger partial charge in [-0.2, -0.15) is 0 Å². The summed E-state index contributed by atoms with van der Waals surface area (Å²) in [5, 5.41) is 4.12. The van der Waals surface area contributed by atoms with E-state index in [-0.39, 0.29) is 5.91 Å². The number of aromatic nitrogens is 1. The number of nitrogens with two attached hydrogens (primary N) is 1. The first-order valence-electron chi connectivity index (χ1n) is 6.61. The summed E-state index contributed by atoms with van der Waals surface area (Å²) in [6.07, 6.45) is 0. The SMILES string of the molecule is C=C(C)CN(C)C(=O)c1sc(N2CCNCC2)nc1N. The number of piperazine rings is 1. The summed E-state index contributed by atoms with van der Waals surface area (Å²) < 4.78 is 0. The number of likely N-dealkylation sites (N-methyl/N-ethyl adjacent to an activating group) is 1. The molecule has 2 heterocycles. The third kappa shape index (κ3) is 3.29. The van der Waals surface area contributed by atoms with Crippen molar-refractivity contribution in [3.8, 4) is 0 Å². The molecule has 1 saturated heterocycles. The molecule has 1 fully saturated rings. The predicted molar refractivity (Wildman–Crippen MR) is 83.4 cm³/mol. The smallest absolute Gasteiger partial charge is 0.267 e. The molecule has 0 saturated carbocycles. The van der Waals surface area contributed by atoms with Gasteiger partial charge >= 0.3 is 0 Å². The lowest BCUT2D eigenvalue weighted by molar-refractivity contribution is 0.0812. The number of anilines is 2. The molecule has 0 bridgehead atoms. The fourth-order valence-electron chi connectivity index (χ4n) is 2.11. The fourth-order valence-corrected chi connectivity index (χ4v) is 3.15. The third-order valence-electron chi connectivity index (χ3n) is 3.08. The maximum atomic E-state index is 12.3. The zero-order valence-electron chi connectivity index (χ0n) is 12.0. The van der Waals surface area contributed by atoms with E-state index < -0.39 is 0 Å². The lowest BCUT2D eigenvalue weighted by Gasteiger charge is -2.26. The predicted octanol–water partition coefficient (Wildman–Crippen LogP) is 0.783. The topological polar surface area (TPSA) is 74.5 Å². The fraction of sp³-hybridized carbons (Fsp3) is 0.538. The van der Waals surface area contributed by atoms with Crippen LogP contribution in [0.1, 0.15) is 16.6 Å². The van der Waals surface area contributed by atoms with E-state index in [1.807, 2.05) is 6.92 Å². The first kappa shape index (κ1) is 14.8. The van der Waals surface area contributed by atoms with E-state index in [1.165, 1.54) is 11.3 Å². The molecule has 6 nitrogen and oxygen atoms in total. The highest BCUT2D eigenvalue weighted by atomic mass is 32.1. The molecule has 0 aliphatic carbocycles. The summed E-state index contributed by atoms with van der Waals surface area (Å²) in [6, 6.07) is 0. The minimum Gasteiger partial charge on any atom is -0.382 e. The van der Waals surface area contributed by atoms with E-state index >= 15 is 0 Å². The number of carbonyl (C=O) groups is 1. The van der Waals surface area contributed by atoms with Crippen molar-refractivity contribution in [2.24, 2.45) is 0 Å². The van der Waals surface area contributed by atoms with Gasteiger partial charge in [-0.15, -0.1) is 0 Å². The number of hydrogen-bond acceptors (Lipinski definition) is 6. The van der Waals surface area contributed by atoms with Gasteiger partial charge in [0.2, 0.25) is 0 Å². The van der Waals surface area contributed by atoms with Gasteiger partial charge in [0.15, 0.2) is 5.13 Å². The Kier molecular flexibility index (Phi) is 4.61. The Morgan fingerprint density at radius 3 is 2.80 bits per heavy atom. The van der Waals surface area contributed by atoms with E-state index in [9.17, 15) is 4.79 Å². The number of rotatable bonds is 4. The highest BCUT2D eigenvalue weighted by Gasteiger charge is 2.22. The van der Waals surface area contributed by atoms with Crippen LogP contribution in [0.4, 0.5) is 10.9 Å². The van der Waals surface area contributed by atoms with Crippen molar-refractivity contribution in [1.82, 2.24) is 15.2 Å². The summed E-state index contributed by atoms with van der Waals surface area (Å²) >= 11 is 1.37. The summed E-state index contributed by atoms with van der Waals surface area (Å²) in [5.41, 5.74) is 6.84. The Labute approximate surface area is 123 Å². The van der Waals surface area contributed by atoms with Crippen LogP contribution in [0, 0.1) is 0 Å². The Hall–Kier alpha value is -1.60. The minimum absolute atomic E-state index is 0.0932. The van der Waals surface area contributed by atoms with Crippen molar-refractivity contribution < 1.29 is 4.79 Å². The van der Waals surface area contributed by atoms with Gasteiger partial charge in [-0.25, -0.2) is 4.98 Å². The third-order valence-corrected chi connectivity index (χ3v) is 4.20. The Balaban J connectivity index is 2.14. The molecule has 1 aromatic rings. The van der Waals surface area contributed by atoms with Crippen molar-refractivity contribution in [3.63, 3.8) is 0 Å². The van der Waals surface area contributed by atoms with E-state index in [2.05, 4.69) is 21.8 Å². The van der Waals surface area contributed by atoms with Gasteiger partial charge in [0.05, 0.1) is 0 Å². The van der Waals surface area contributed by atoms with Gasteiger partial charge in [0.25, 0.3) is 5.91 Å². The lowest BCUT2D eigenvalue weighted by Crippen LogP contribution is -2.43. The second kappa shape index (κ2) is 6.23. The van der Waals surface area contributed by atoms with Crippen LogP contribution < -0.4 is 16.0 Å². The van der Waals surface area contributed by atoms with Crippen LogP contribution in [0.2, 0.25) is 0 Å². The van der Waals surface area contributed by atoms with Crippen LogP contribution in [0.25, 0.3) is 0 Å². The zero-order valence-corrected chi connectivity index (χ0v) is 12.8. The Morgan fingerprint density at radius 2 is 2.20 bits per heavy atom. The molecule has 2 rings (SSSR count). The minimum atomic E-state index is -0.0932. The number of carbonyl (C=O) groups excluding carboxylic acids is 1. The number of nitrogens with one attached hydrogen (secondary N) is 1. The van der Waals surface area contributed by atoms with Gasteiger partial charge < -0.3 is 20.9 Å². The van der Waals surface area contributed by atoms with Gasteiger partial charge in [-0.1, -0.05) is 23.5 Å². The quantitative estimate of drug-likeness (QED) is 0.803. The van der Waals surface area contributed by atoms with Gasteiger partial charge in [0, 0.05) is 39.8 Å². The number of amides is 1. The number of nitrogens with zero attached hydrogens (tertiary/aromatic N) is 3. The molecule has 1 aliphatic rings. The molecule has 1 aromatic heterocycles. The van der Waals surface area contributed by atoms with Crippen molar-refractivity contribution in [1.29, 1.82) is 0 Å². The molecule has 1 aliphatic heterocycles. The molecular weight excluding hydrogens is 274 g/mol. The van der Waals surface area contributed by atoms with Gasteiger partial charge in [0.1, 0.15) is 10.7 Å². The summed E-state index contributed by atoms with van der Waals surface area (Å²) in [5.74, 6) is 0.228. The first-order chi connectivity index (χ1) is 9.49. The first-order valence-corrected chi connectivity index (χ1v) is 7.42. The standard InChI is InChI=1S/C13H21N5OS/c1-9(2)8-17(3)12(19)10-11(14)16-13(20-10)18-6-4-15-5-7-18/h15H,1,4-8,14H2,2-3H3. The number of thiazole rings is 1. The molecule has 110 valence electrons. The molecule has 7 heteroatoms. The van der Waals surface area contributed by atoms with Gasteiger partial charge in [-0.3, -0.25) is 4.79 Å². The van der Waals surface area contributed by atoms with Crippen LogP contribution in [0.15, 0.2) is 12.2 Å². The largest absolute Gasteiger partial charge is 0.382 e. The van der Waals surface area contributed by atoms with Crippen LogP contribution in [0.5, 0.6) is 0 Å². The van der Waals surface area contributed by atoms with Crippen molar-refractivity contribution in [2.45, 2.75) is 6.92 Å². The molecule has 0 radical (unpaired) electrons. The normalized spacial score (nSPS) is 15.2. The molecule has 0 spiro atoms. The monoisotopic (exact) mass is 295 g/mol. The van der Waals surface area contributed by atoms with Crippen molar-refractivity contribution in [2.75, 3.05) is 50.4 Å². The lowest BCUT2D eigenvalue weighted by atomic mass is 10.3. The summed E-state index contributed by atoms with van der Waals surface area (Å²) in [6.45, 7) is 9.88. The van der Waals surface area contributed by atoms with Crippen LogP contribution >= 0.6 is 11.3 Å². The molecule has 0 unspecified atom stereocenters. The maximum absolute atomic E-state index is 12.3. The average molecular weight is 295 g/mol.